The lowest BCUT2D eigenvalue weighted by molar-refractivity contribution is 0.104. The van der Waals surface area contributed by atoms with Gasteiger partial charge in [0, 0.05) is 12.1 Å². The van der Waals surface area contributed by atoms with E-state index in [2.05, 4.69) is 0 Å². The van der Waals surface area contributed by atoms with Crippen LogP contribution in [0, 0.1) is 0 Å². The molecule has 0 aliphatic rings. The van der Waals surface area contributed by atoms with Gasteiger partial charge in [-0.2, -0.15) is 0 Å². The number of carbonyl (C=O) groups excluding carboxylic acids is 1. The maximum atomic E-state index is 12.7. The normalized spacial score (nSPS) is 11.0. The standard InChI is InChI=1S/C19H20O4/c1-13(14-8-6-5-7-9-14)10-16(20)19-17(22-3)11-15(21-2)12-18(19)23-4/h5-12H,1-4H3/b13-10+. The largest absolute Gasteiger partial charge is 0.496 e. The van der Waals surface area contributed by atoms with Crippen molar-refractivity contribution in [1.82, 2.24) is 0 Å². The van der Waals surface area contributed by atoms with Crippen LogP contribution in [0.5, 0.6) is 17.2 Å². The molecule has 0 radical (unpaired) electrons. The predicted molar refractivity (Wildman–Crippen MR) is 90.5 cm³/mol. The van der Waals surface area contributed by atoms with Crippen LogP contribution in [0.3, 0.4) is 0 Å². The molecule has 120 valence electrons. The van der Waals surface area contributed by atoms with E-state index in [-0.39, 0.29) is 5.78 Å². The first kappa shape index (κ1) is 16.6. The van der Waals surface area contributed by atoms with Gasteiger partial charge in [0.1, 0.15) is 22.8 Å². The van der Waals surface area contributed by atoms with Crippen molar-refractivity contribution in [2.75, 3.05) is 21.3 Å². The number of rotatable bonds is 6. The van der Waals surface area contributed by atoms with Gasteiger partial charge in [-0.25, -0.2) is 0 Å². The van der Waals surface area contributed by atoms with Crippen molar-refractivity contribution in [1.29, 1.82) is 0 Å². The fourth-order valence-corrected chi connectivity index (χ4v) is 2.30. The minimum absolute atomic E-state index is 0.178. The molecule has 0 fully saturated rings. The van der Waals surface area contributed by atoms with E-state index in [1.54, 1.807) is 25.3 Å². The molecule has 2 rings (SSSR count). The van der Waals surface area contributed by atoms with Crippen LogP contribution in [0.25, 0.3) is 5.57 Å². The van der Waals surface area contributed by atoms with Gasteiger partial charge in [0.2, 0.25) is 0 Å². The summed E-state index contributed by atoms with van der Waals surface area (Å²) in [5, 5.41) is 0. The van der Waals surface area contributed by atoms with Gasteiger partial charge in [0.25, 0.3) is 0 Å². The fourth-order valence-electron chi connectivity index (χ4n) is 2.30. The number of ether oxygens (including phenoxy) is 3. The number of carbonyl (C=O) groups is 1. The Balaban J connectivity index is 2.46. The fraction of sp³-hybridized carbons (Fsp3) is 0.211. The number of hydrogen-bond acceptors (Lipinski definition) is 4. The molecule has 0 aromatic heterocycles. The summed E-state index contributed by atoms with van der Waals surface area (Å²) in [4.78, 5) is 12.7. The quantitative estimate of drug-likeness (QED) is 0.597. The Morgan fingerprint density at radius 1 is 0.913 bits per heavy atom. The minimum Gasteiger partial charge on any atom is -0.496 e. The highest BCUT2D eigenvalue weighted by Crippen LogP contribution is 2.35. The predicted octanol–water partition coefficient (Wildman–Crippen LogP) is 4.00. The summed E-state index contributed by atoms with van der Waals surface area (Å²) in [5.74, 6) is 1.23. The Morgan fingerprint density at radius 3 is 1.96 bits per heavy atom. The summed E-state index contributed by atoms with van der Waals surface area (Å²) in [5.41, 5.74) is 2.24. The molecule has 4 heteroatoms. The average molecular weight is 312 g/mol. The van der Waals surface area contributed by atoms with Crippen LogP contribution in [0.1, 0.15) is 22.8 Å². The number of ketones is 1. The molecule has 0 aliphatic heterocycles. The maximum absolute atomic E-state index is 12.7. The smallest absolute Gasteiger partial charge is 0.193 e. The second-order valence-electron chi connectivity index (χ2n) is 4.96. The summed E-state index contributed by atoms with van der Waals surface area (Å²) in [7, 11) is 4.58. The zero-order chi connectivity index (χ0) is 16.8. The van der Waals surface area contributed by atoms with Crippen molar-refractivity contribution in [2.24, 2.45) is 0 Å². The van der Waals surface area contributed by atoms with E-state index in [1.807, 2.05) is 37.3 Å². The van der Waals surface area contributed by atoms with E-state index in [0.717, 1.165) is 11.1 Å². The molecular weight excluding hydrogens is 292 g/mol. The zero-order valence-corrected chi connectivity index (χ0v) is 13.8. The van der Waals surface area contributed by atoms with Gasteiger partial charge >= 0.3 is 0 Å². The molecule has 4 nitrogen and oxygen atoms in total. The van der Waals surface area contributed by atoms with Crippen molar-refractivity contribution < 1.29 is 19.0 Å². The molecule has 0 N–H and O–H groups in total. The van der Waals surface area contributed by atoms with Crippen LogP contribution < -0.4 is 14.2 Å². The van der Waals surface area contributed by atoms with Crippen LogP contribution in [-0.4, -0.2) is 27.1 Å². The third-order valence-corrected chi connectivity index (χ3v) is 3.54. The first-order valence-corrected chi connectivity index (χ1v) is 7.18. The van der Waals surface area contributed by atoms with Gasteiger partial charge in [0.15, 0.2) is 5.78 Å². The first-order valence-electron chi connectivity index (χ1n) is 7.18. The molecule has 23 heavy (non-hydrogen) atoms. The molecule has 0 heterocycles. The molecule has 0 saturated heterocycles. The third-order valence-electron chi connectivity index (χ3n) is 3.54. The Kier molecular flexibility index (Phi) is 5.41. The van der Waals surface area contributed by atoms with Gasteiger partial charge in [0.05, 0.1) is 21.3 Å². The lowest BCUT2D eigenvalue weighted by Crippen LogP contribution is -2.04. The molecular formula is C19H20O4. The van der Waals surface area contributed by atoms with Crippen LogP contribution in [0.15, 0.2) is 48.5 Å². The van der Waals surface area contributed by atoms with Crippen molar-refractivity contribution in [3.63, 3.8) is 0 Å². The van der Waals surface area contributed by atoms with Crippen molar-refractivity contribution in [3.05, 3.63) is 59.7 Å². The number of allylic oxidation sites excluding steroid dienone is 2. The van der Waals surface area contributed by atoms with Crippen molar-refractivity contribution in [3.8, 4) is 17.2 Å². The zero-order valence-electron chi connectivity index (χ0n) is 13.8. The molecule has 0 bridgehead atoms. The first-order chi connectivity index (χ1) is 11.1. The van der Waals surface area contributed by atoms with Gasteiger partial charge in [-0.3, -0.25) is 4.79 Å². The second kappa shape index (κ2) is 7.49. The third kappa shape index (κ3) is 3.72. The van der Waals surface area contributed by atoms with Crippen LogP contribution in [-0.2, 0) is 0 Å². The van der Waals surface area contributed by atoms with E-state index < -0.39 is 0 Å². The van der Waals surface area contributed by atoms with Crippen molar-refractivity contribution >= 4 is 11.4 Å². The van der Waals surface area contributed by atoms with Gasteiger partial charge in [-0.1, -0.05) is 30.3 Å². The molecule has 0 spiro atoms. The molecule has 2 aromatic rings. The minimum atomic E-state index is -0.178. The molecule has 0 atom stereocenters. The van der Waals surface area contributed by atoms with Gasteiger partial charge in [-0.05, 0) is 24.1 Å². The summed E-state index contributed by atoms with van der Waals surface area (Å²) in [6.45, 7) is 1.90. The lowest BCUT2D eigenvalue weighted by atomic mass is 10.0. The molecule has 0 saturated carbocycles. The van der Waals surface area contributed by atoms with E-state index >= 15 is 0 Å². The van der Waals surface area contributed by atoms with E-state index in [1.165, 1.54) is 14.2 Å². The summed E-state index contributed by atoms with van der Waals surface area (Å²) < 4.78 is 15.9. The van der Waals surface area contributed by atoms with E-state index in [9.17, 15) is 4.79 Å². The number of methoxy groups -OCH3 is 3. The average Bonchev–Trinajstić information content (AvgIpc) is 2.60. The van der Waals surface area contributed by atoms with E-state index in [0.29, 0.717) is 22.8 Å². The van der Waals surface area contributed by atoms with Crippen LogP contribution in [0.2, 0.25) is 0 Å². The Morgan fingerprint density at radius 2 is 1.48 bits per heavy atom. The highest BCUT2D eigenvalue weighted by molar-refractivity contribution is 6.12. The molecule has 2 aromatic carbocycles. The topological polar surface area (TPSA) is 44.8 Å². The SMILES string of the molecule is COc1cc(OC)c(C(=O)/C=C(\C)c2ccccc2)c(OC)c1. The Labute approximate surface area is 136 Å². The van der Waals surface area contributed by atoms with Crippen molar-refractivity contribution in [2.45, 2.75) is 6.92 Å². The summed E-state index contributed by atoms with van der Waals surface area (Å²) in [6.07, 6.45) is 1.59. The summed E-state index contributed by atoms with van der Waals surface area (Å²) in [6, 6.07) is 13.1. The monoisotopic (exact) mass is 312 g/mol. The van der Waals surface area contributed by atoms with Crippen LogP contribution in [0.4, 0.5) is 0 Å². The highest BCUT2D eigenvalue weighted by Gasteiger charge is 2.19. The highest BCUT2D eigenvalue weighted by atomic mass is 16.5. The molecule has 0 unspecified atom stereocenters. The lowest BCUT2D eigenvalue weighted by Gasteiger charge is -2.13. The van der Waals surface area contributed by atoms with Crippen LogP contribution >= 0.6 is 0 Å². The molecule has 0 amide bonds. The second-order valence-corrected chi connectivity index (χ2v) is 4.96. The van der Waals surface area contributed by atoms with E-state index in [4.69, 9.17) is 14.2 Å². The number of benzene rings is 2. The number of hydrogen-bond donors (Lipinski definition) is 0. The summed E-state index contributed by atoms with van der Waals surface area (Å²) >= 11 is 0. The Bertz CT molecular complexity index is 692. The van der Waals surface area contributed by atoms with Gasteiger partial charge in [-0.15, -0.1) is 0 Å². The molecule has 0 aliphatic carbocycles. The Hall–Kier alpha value is -2.75. The maximum Gasteiger partial charge on any atom is 0.193 e. The van der Waals surface area contributed by atoms with Gasteiger partial charge < -0.3 is 14.2 Å².